The first kappa shape index (κ1) is 20.8. The molecule has 8 nitrogen and oxygen atoms in total. The zero-order valence-corrected chi connectivity index (χ0v) is 18.4. The molecule has 0 saturated carbocycles. The van der Waals surface area contributed by atoms with E-state index in [2.05, 4.69) is 27.2 Å². The first-order valence-electron chi connectivity index (χ1n) is 10.9. The summed E-state index contributed by atoms with van der Waals surface area (Å²) in [6, 6.07) is 21.5. The van der Waals surface area contributed by atoms with Crippen LogP contribution in [-0.2, 0) is 11.3 Å². The lowest BCUT2D eigenvalue weighted by Gasteiger charge is -2.36. The van der Waals surface area contributed by atoms with E-state index >= 15 is 0 Å². The second kappa shape index (κ2) is 9.20. The second-order valence-corrected chi connectivity index (χ2v) is 7.88. The fraction of sp³-hybridized carbons (Fsp3) is 0.240. The number of anilines is 1. The van der Waals surface area contributed by atoms with Gasteiger partial charge in [-0.2, -0.15) is 4.98 Å². The van der Waals surface area contributed by atoms with Gasteiger partial charge in [0.2, 0.25) is 11.7 Å². The number of hydrogen-bond donors (Lipinski definition) is 0. The topological polar surface area (TPSA) is 76.6 Å². The highest BCUT2D eigenvalue weighted by molar-refractivity contribution is 5.77. The Labute approximate surface area is 192 Å². The molecular weight excluding hydrogens is 418 g/mol. The molecule has 0 atom stereocenters. The molecule has 1 fully saturated rings. The van der Waals surface area contributed by atoms with Gasteiger partial charge in [0.15, 0.2) is 0 Å². The van der Waals surface area contributed by atoms with Crippen molar-refractivity contribution in [1.82, 2.24) is 19.6 Å². The van der Waals surface area contributed by atoms with Crippen molar-refractivity contribution < 1.29 is 14.1 Å². The van der Waals surface area contributed by atoms with Crippen molar-refractivity contribution in [2.24, 2.45) is 0 Å². The van der Waals surface area contributed by atoms with Crippen LogP contribution in [0.5, 0.6) is 5.75 Å². The molecule has 1 aliphatic heterocycles. The van der Waals surface area contributed by atoms with Gasteiger partial charge >= 0.3 is 0 Å². The summed E-state index contributed by atoms with van der Waals surface area (Å²) in [6.07, 6.45) is 1.87. The van der Waals surface area contributed by atoms with Gasteiger partial charge in [-0.1, -0.05) is 35.5 Å². The van der Waals surface area contributed by atoms with Crippen LogP contribution in [0.1, 0.15) is 0 Å². The lowest BCUT2D eigenvalue weighted by atomic mass is 10.2. The lowest BCUT2D eigenvalue weighted by Crippen LogP contribution is -2.49. The first-order valence-corrected chi connectivity index (χ1v) is 10.9. The van der Waals surface area contributed by atoms with Gasteiger partial charge in [0.05, 0.1) is 7.11 Å². The normalized spacial score (nSPS) is 13.8. The maximum absolute atomic E-state index is 13.0. The number of hydrogen-bond acceptors (Lipinski definition) is 6. The summed E-state index contributed by atoms with van der Waals surface area (Å²) in [7, 11) is 1.66. The lowest BCUT2D eigenvalue weighted by molar-refractivity contribution is -0.132. The molecule has 0 spiro atoms. The van der Waals surface area contributed by atoms with Crippen LogP contribution >= 0.6 is 0 Å². The van der Waals surface area contributed by atoms with E-state index in [1.807, 2.05) is 70.3 Å². The van der Waals surface area contributed by atoms with Gasteiger partial charge in [-0.15, -0.1) is 0 Å². The quantitative estimate of drug-likeness (QED) is 0.454. The molecule has 1 saturated heterocycles. The summed E-state index contributed by atoms with van der Waals surface area (Å²) in [5, 5.41) is 4.09. The standard InChI is InChI=1S/C25H25N5O3/c1-32-21-11-9-20(10-12-21)28-14-16-29(17-15-28)23(31)18-30-13-5-8-22(30)25-26-24(27-33-25)19-6-3-2-4-7-19/h2-13H,14-18H2,1H3. The molecule has 0 aliphatic carbocycles. The largest absolute Gasteiger partial charge is 0.497 e. The second-order valence-electron chi connectivity index (χ2n) is 7.88. The van der Waals surface area contributed by atoms with Crippen molar-refractivity contribution in [3.63, 3.8) is 0 Å². The van der Waals surface area contributed by atoms with Gasteiger partial charge in [0, 0.05) is 43.6 Å². The zero-order chi connectivity index (χ0) is 22.6. The SMILES string of the molecule is COc1ccc(N2CCN(C(=O)Cn3cccc3-c3nc(-c4ccccc4)no3)CC2)cc1. The number of methoxy groups -OCH3 is 1. The number of piperazine rings is 1. The minimum absolute atomic E-state index is 0.0737. The van der Waals surface area contributed by atoms with E-state index < -0.39 is 0 Å². The Kier molecular flexibility index (Phi) is 5.80. The molecule has 168 valence electrons. The Morgan fingerprint density at radius 3 is 2.45 bits per heavy atom. The van der Waals surface area contributed by atoms with Crippen LogP contribution in [0.15, 0.2) is 77.4 Å². The number of benzene rings is 2. The minimum atomic E-state index is 0.0737. The van der Waals surface area contributed by atoms with E-state index in [1.165, 1.54) is 0 Å². The van der Waals surface area contributed by atoms with Gasteiger partial charge < -0.3 is 23.6 Å². The first-order chi connectivity index (χ1) is 16.2. The number of carbonyl (C=O) groups is 1. The van der Waals surface area contributed by atoms with Crippen LogP contribution in [0.3, 0.4) is 0 Å². The number of aromatic nitrogens is 3. The van der Waals surface area contributed by atoms with Crippen LogP contribution in [0.25, 0.3) is 23.0 Å². The van der Waals surface area contributed by atoms with E-state index in [0.717, 1.165) is 35.8 Å². The van der Waals surface area contributed by atoms with Gasteiger partial charge in [-0.3, -0.25) is 4.79 Å². The zero-order valence-electron chi connectivity index (χ0n) is 18.4. The van der Waals surface area contributed by atoms with Crippen LogP contribution < -0.4 is 9.64 Å². The van der Waals surface area contributed by atoms with Crippen LogP contribution in [0, 0.1) is 0 Å². The molecule has 2 aromatic carbocycles. The number of amides is 1. The number of ether oxygens (including phenoxy) is 1. The summed E-state index contributed by atoms with van der Waals surface area (Å²) in [5.41, 5.74) is 2.76. The Bertz CT molecular complexity index is 1210. The molecule has 0 N–H and O–H groups in total. The number of carbonyl (C=O) groups excluding carboxylic acids is 1. The molecule has 0 unspecified atom stereocenters. The third-order valence-electron chi connectivity index (χ3n) is 5.88. The van der Waals surface area contributed by atoms with Crippen LogP contribution in [0.2, 0.25) is 0 Å². The number of rotatable bonds is 6. The van der Waals surface area contributed by atoms with Crippen molar-refractivity contribution >= 4 is 11.6 Å². The fourth-order valence-corrected chi connectivity index (χ4v) is 4.03. The molecule has 4 aromatic rings. The van der Waals surface area contributed by atoms with E-state index in [9.17, 15) is 4.79 Å². The molecule has 1 amide bonds. The Hall–Kier alpha value is -4.07. The van der Waals surface area contributed by atoms with Gasteiger partial charge in [0.25, 0.3) is 5.89 Å². The van der Waals surface area contributed by atoms with E-state index in [1.54, 1.807) is 7.11 Å². The molecule has 33 heavy (non-hydrogen) atoms. The average Bonchev–Trinajstić information content (AvgIpc) is 3.54. The third-order valence-corrected chi connectivity index (χ3v) is 5.88. The van der Waals surface area contributed by atoms with Crippen molar-refractivity contribution in [3.05, 3.63) is 72.9 Å². The maximum atomic E-state index is 13.0. The highest BCUT2D eigenvalue weighted by atomic mass is 16.5. The smallest absolute Gasteiger partial charge is 0.274 e. The summed E-state index contributed by atoms with van der Waals surface area (Å²) in [6.45, 7) is 3.18. The summed E-state index contributed by atoms with van der Waals surface area (Å²) >= 11 is 0. The van der Waals surface area contributed by atoms with Gasteiger partial charge in [-0.05, 0) is 36.4 Å². The molecule has 2 aromatic heterocycles. The van der Waals surface area contributed by atoms with Crippen molar-refractivity contribution in [3.8, 4) is 28.7 Å². The Morgan fingerprint density at radius 2 is 1.73 bits per heavy atom. The predicted molar refractivity (Wildman–Crippen MR) is 125 cm³/mol. The highest BCUT2D eigenvalue weighted by Gasteiger charge is 2.23. The fourth-order valence-electron chi connectivity index (χ4n) is 4.03. The number of nitrogens with zero attached hydrogens (tertiary/aromatic N) is 5. The van der Waals surface area contributed by atoms with Crippen molar-refractivity contribution in [2.45, 2.75) is 6.54 Å². The predicted octanol–water partition coefficient (Wildman–Crippen LogP) is 3.56. The minimum Gasteiger partial charge on any atom is -0.497 e. The van der Waals surface area contributed by atoms with Crippen LogP contribution in [0.4, 0.5) is 5.69 Å². The molecule has 0 radical (unpaired) electrons. The van der Waals surface area contributed by atoms with Crippen molar-refractivity contribution in [2.75, 3.05) is 38.2 Å². The summed E-state index contributed by atoms with van der Waals surface area (Å²) in [5.74, 6) is 1.84. The van der Waals surface area contributed by atoms with E-state index in [0.29, 0.717) is 24.8 Å². The Morgan fingerprint density at radius 1 is 0.970 bits per heavy atom. The highest BCUT2D eigenvalue weighted by Crippen LogP contribution is 2.24. The molecule has 8 heteroatoms. The van der Waals surface area contributed by atoms with Gasteiger partial charge in [0.1, 0.15) is 18.0 Å². The van der Waals surface area contributed by atoms with Crippen LogP contribution in [-0.4, -0.2) is 58.8 Å². The monoisotopic (exact) mass is 443 g/mol. The van der Waals surface area contributed by atoms with E-state index in [4.69, 9.17) is 9.26 Å². The average molecular weight is 444 g/mol. The molecule has 0 bridgehead atoms. The molecule has 3 heterocycles. The van der Waals surface area contributed by atoms with Crippen molar-refractivity contribution in [1.29, 1.82) is 0 Å². The molecule has 5 rings (SSSR count). The molecule has 1 aliphatic rings. The van der Waals surface area contributed by atoms with E-state index in [-0.39, 0.29) is 12.5 Å². The summed E-state index contributed by atoms with van der Waals surface area (Å²) < 4.78 is 12.6. The van der Waals surface area contributed by atoms with Gasteiger partial charge in [-0.25, -0.2) is 0 Å². The maximum Gasteiger partial charge on any atom is 0.274 e. The summed E-state index contributed by atoms with van der Waals surface area (Å²) in [4.78, 5) is 21.7. The molecular formula is C25H25N5O3. The third kappa shape index (κ3) is 4.45. The Balaban J connectivity index is 1.22.